The Kier molecular flexibility index (Phi) is 4.98. The molecule has 2 N–H and O–H groups in total. The van der Waals surface area contributed by atoms with Gasteiger partial charge in [0.1, 0.15) is 0 Å². The average molecular weight is 296 g/mol. The number of rotatable bonds is 6. The topological polar surface area (TPSA) is 92.0 Å². The first kappa shape index (κ1) is 15.5. The standard InChI is InChI=1S/C14H20N2O5/c1-15(9-14(19)20)6-10-5-12(17)13(18)8-16(10)7-11-3-2-4-21-11/h5,8,11,18H,2-4,6-7,9H2,1H3,(H,19,20). The van der Waals surface area contributed by atoms with Gasteiger partial charge in [0.05, 0.1) is 18.8 Å². The first-order valence-electron chi connectivity index (χ1n) is 6.90. The van der Waals surface area contributed by atoms with Crippen LogP contribution in [0.3, 0.4) is 0 Å². The number of aliphatic carboxylic acids is 1. The molecule has 0 amide bonds. The molecule has 7 nitrogen and oxygen atoms in total. The Hall–Kier alpha value is -1.86. The van der Waals surface area contributed by atoms with Gasteiger partial charge in [0.25, 0.3) is 0 Å². The van der Waals surface area contributed by atoms with Crippen molar-refractivity contribution in [2.75, 3.05) is 20.2 Å². The Morgan fingerprint density at radius 2 is 2.33 bits per heavy atom. The van der Waals surface area contributed by atoms with E-state index in [4.69, 9.17) is 9.84 Å². The summed E-state index contributed by atoms with van der Waals surface area (Å²) < 4.78 is 7.33. The van der Waals surface area contributed by atoms with Crippen molar-refractivity contribution >= 4 is 5.97 Å². The van der Waals surface area contributed by atoms with Crippen molar-refractivity contribution < 1.29 is 19.7 Å². The predicted octanol–water partition coefficient (Wildman–Crippen LogP) is 0.249. The van der Waals surface area contributed by atoms with E-state index in [1.54, 1.807) is 16.5 Å². The molecular weight excluding hydrogens is 276 g/mol. The molecule has 2 heterocycles. The molecule has 0 saturated carbocycles. The third-order valence-corrected chi connectivity index (χ3v) is 3.46. The number of hydrogen-bond donors (Lipinski definition) is 2. The molecule has 1 saturated heterocycles. The Bertz CT molecular complexity index is 563. The lowest BCUT2D eigenvalue weighted by molar-refractivity contribution is -0.138. The summed E-state index contributed by atoms with van der Waals surface area (Å²) in [6, 6.07) is 1.35. The molecule has 1 unspecified atom stereocenters. The summed E-state index contributed by atoms with van der Waals surface area (Å²) in [5.74, 6) is -1.23. The monoisotopic (exact) mass is 296 g/mol. The van der Waals surface area contributed by atoms with Gasteiger partial charge in [0, 0.05) is 31.5 Å². The zero-order valence-electron chi connectivity index (χ0n) is 12.0. The zero-order valence-corrected chi connectivity index (χ0v) is 12.0. The fourth-order valence-electron chi connectivity index (χ4n) is 2.48. The summed E-state index contributed by atoms with van der Waals surface area (Å²) >= 11 is 0. The van der Waals surface area contributed by atoms with Crippen LogP contribution in [0.5, 0.6) is 5.75 Å². The molecule has 0 spiro atoms. The second-order valence-electron chi connectivity index (χ2n) is 5.37. The summed E-state index contributed by atoms with van der Waals surface area (Å²) in [4.78, 5) is 23.9. The maximum absolute atomic E-state index is 11.6. The Balaban J connectivity index is 2.18. The van der Waals surface area contributed by atoms with Gasteiger partial charge in [-0.15, -0.1) is 0 Å². The lowest BCUT2D eigenvalue weighted by Gasteiger charge is -2.21. The minimum Gasteiger partial charge on any atom is -0.503 e. The van der Waals surface area contributed by atoms with Gasteiger partial charge in [-0.1, -0.05) is 0 Å². The molecule has 0 aliphatic carbocycles. The molecule has 1 atom stereocenters. The SMILES string of the molecule is CN(CC(=O)O)Cc1cc(=O)c(O)cn1CC1CCCO1. The van der Waals surface area contributed by atoms with E-state index < -0.39 is 11.4 Å². The van der Waals surface area contributed by atoms with E-state index >= 15 is 0 Å². The van der Waals surface area contributed by atoms with E-state index in [9.17, 15) is 14.7 Å². The van der Waals surface area contributed by atoms with Crippen molar-refractivity contribution in [3.63, 3.8) is 0 Å². The predicted molar refractivity (Wildman–Crippen MR) is 75.3 cm³/mol. The molecule has 0 bridgehead atoms. The molecule has 1 aromatic rings. The van der Waals surface area contributed by atoms with E-state index in [2.05, 4.69) is 0 Å². The molecule has 1 aliphatic heterocycles. The number of carboxylic acids is 1. The summed E-state index contributed by atoms with van der Waals surface area (Å²) in [5.41, 5.74) is 0.203. The Morgan fingerprint density at radius 3 is 2.95 bits per heavy atom. The van der Waals surface area contributed by atoms with Crippen LogP contribution in [0.2, 0.25) is 0 Å². The third-order valence-electron chi connectivity index (χ3n) is 3.46. The Morgan fingerprint density at radius 1 is 1.57 bits per heavy atom. The average Bonchev–Trinajstić information content (AvgIpc) is 2.87. The minimum absolute atomic E-state index is 0.0652. The highest BCUT2D eigenvalue weighted by Crippen LogP contribution is 2.16. The minimum atomic E-state index is -0.927. The molecule has 0 aromatic carbocycles. The fraction of sp³-hybridized carbons (Fsp3) is 0.571. The number of carbonyl (C=O) groups is 1. The van der Waals surface area contributed by atoms with E-state index in [-0.39, 0.29) is 18.4 Å². The lowest BCUT2D eigenvalue weighted by atomic mass is 10.2. The van der Waals surface area contributed by atoms with Crippen molar-refractivity contribution in [1.82, 2.24) is 9.47 Å². The lowest BCUT2D eigenvalue weighted by Crippen LogP contribution is -2.29. The van der Waals surface area contributed by atoms with Crippen LogP contribution in [0.4, 0.5) is 0 Å². The van der Waals surface area contributed by atoms with Crippen LogP contribution < -0.4 is 5.43 Å². The molecule has 7 heteroatoms. The van der Waals surface area contributed by atoms with Crippen LogP contribution >= 0.6 is 0 Å². The number of pyridine rings is 1. The molecule has 116 valence electrons. The molecule has 21 heavy (non-hydrogen) atoms. The van der Waals surface area contributed by atoms with Crippen molar-refractivity contribution in [2.24, 2.45) is 0 Å². The van der Waals surface area contributed by atoms with Crippen molar-refractivity contribution in [3.8, 4) is 5.75 Å². The molecule has 0 radical (unpaired) electrons. The van der Waals surface area contributed by atoms with E-state index in [0.717, 1.165) is 19.4 Å². The van der Waals surface area contributed by atoms with Crippen LogP contribution in [-0.4, -0.2) is 52.0 Å². The number of hydrogen-bond acceptors (Lipinski definition) is 5. The number of aromatic hydroxyl groups is 1. The first-order chi connectivity index (χ1) is 9.95. The fourth-order valence-corrected chi connectivity index (χ4v) is 2.48. The second kappa shape index (κ2) is 6.73. The summed E-state index contributed by atoms with van der Waals surface area (Å²) in [6.07, 6.45) is 3.41. The van der Waals surface area contributed by atoms with Gasteiger partial charge in [0.15, 0.2) is 5.75 Å². The Labute approximate surface area is 122 Å². The van der Waals surface area contributed by atoms with Gasteiger partial charge in [-0.3, -0.25) is 14.5 Å². The molecule has 2 rings (SSSR count). The van der Waals surface area contributed by atoms with Crippen LogP contribution in [-0.2, 0) is 22.6 Å². The highest BCUT2D eigenvalue weighted by molar-refractivity contribution is 5.69. The van der Waals surface area contributed by atoms with E-state index in [1.807, 2.05) is 0 Å². The van der Waals surface area contributed by atoms with Gasteiger partial charge in [0.2, 0.25) is 5.43 Å². The smallest absolute Gasteiger partial charge is 0.317 e. The molecule has 1 aliphatic rings. The number of ether oxygens (including phenoxy) is 1. The van der Waals surface area contributed by atoms with Crippen LogP contribution in [0.1, 0.15) is 18.5 Å². The summed E-state index contributed by atoms with van der Waals surface area (Å²) in [6.45, 7) is 1.47. The van der Waals surface area contributed by atoms with Crippen molar-refractivity contribution in [2.45, 2.75) is 32.0 Å². The van der Waals surface area contributed by atoms with Gasteiger partial charge in [-0.25, -0.2) is 0 Å². The van der Waals surface area contributed by atoms with Gasteiger partial charge in [-0.2, -0.15) is 0 Å². The quantitative estimate of drug-likeness (QED) is 0.782. The van der Waals surface area contributed by atoms with E-state index in [0.29, 0.717) is 18.8 Å². The molecule has 1 aromatic heterocycles. The number of aromatic nitrogens is 1. The molecular formula is C14H20N2O5. The first-order valence-corrected chi connectivity index (χ1v) is 6.90. The molecule has 1 fully saturated rings. The van der Waals surface area contributed by atoms with Crippen LogP contribution in [0.15, 0.2) is 17.1 Å². The van der Waals surface area contributed by atoms with Crippen molar-refractivity contribution in [1.29, 1.82) is 0 Å². The van der Waals surface area contributed by atoms with Gasteiger partial charge in [-0.05, 0) is 19.9 Å². The normalized spacial score (nSPS) is 18.3. The zero-order chi connectivity index (χ0) is 15.4. The number of likely N-dealkylation sites (N-methyl/N-ethyl adjacent to an activating group) is 1. The van der Waals surface area contributed by atoms with Crippen LogP contribution in [0.25, 0.3) is 0 Å². The highest BCUT2D eigenvalue weighted by Gasteiger charge is 2.18. The largest absolute Gasteiger partial charge is 0.503 e. The number of nitrogens with zero attached hydrogens (tertiary/aromatic N) is 2. The van der Waals surface area contributed by atoms with Gasteiger partial charge < -0.3 is 19.5 Å². The van der Waals surface area contributed by atoms with Crippen LogP contribution in [0, 0.1) is 0 Å². The van der Waals surface area contributed by atoms with Gasteiger partial charge >= 0.3 is 5.97 Å². The number of carboxylic acid groups (broad SMARTS) is 1. The second-order valence-corrected chi connectivity index (χ2v) is 5.37. The van der Waals surface area contributed by atoms with E-state index in [1.165, 1.54) is 12.3 Å². The third kappa shape index (κ3) is 4.30. The summed E-state index contributed by atoms with van der Waals surface area (Å²) in [5, 5.41) is 18.4. The maximum atomic E-state index is 11.6. The highest BCUT2D eigenvalue weighted by atomic mass is 16.5. The summed E-state index contributed by atoms with van der Waals surface area (Å²) in [7, 11) is 1.67. The van der Waals surface area contributed by atoms with Crippen molar-refractivity contribution in [3.05, 3.63) is 28.2 Å². The maximum Gasteiger partial charge on any atom is 0.317 e.